The van der Waals surface area contributed by atoms with Crippen molar-refractivity contribution in [3.63, 3.8) is 0 Å². The van der Waals surface area contributed by atoms with Gasteiger partial charge < -0.3 is 9.47 Å². The number of hydrogen-bond acceptors (Lipinski definition) is 5. The van der Waals surface area contributed by atoms with Gasteiger partial charge in [0.15, 0.2) is 11.5 Å². The van der Waals surface area contributed by atoms with Gasteiger partial charge in [-0.3, -0.25) is 4.79 Å². The van der Waals surface area contributed by atoms with E-state index in [0.29, 0.717) is 47.9 Å². The van der Waals surface area contributed by atoms with Crippen molar-refractivity contribution >= 4 is 49.0 Å². The Bertz CT molecular complexity index is 1190. The minimum atomic E-state index is -0.210. The Hall–Kier alpha value is -2.45. The standard InChI is InChI=1S/C23H23Br2N3O3/c1-4-7-22-27-19-9-8-16(24)12-17(19)23(29)28(22)26-14-15-11-20(30-6-3)21(13-18(15)25)31-10-5-2/h5,8-9,11-14H,2,4,6-7,10H2,1,3H3. The molecule has 0 radical (unpaired) electrons. The van der Waals surface area contributed by atoms with Gasteiger partial charge in [-0.25, -0.2) is 4.98 Å². The highest BCUT2D eigenvalue weighted by molar-refractivity contribution is 9.10. The first kappa shape index (κ1) is 23.2. The van der Waals surface area contributed by atoms with Crippen LogP contribution in [-0.2, 0) is 6.42 Å². The molecule has 1 heterocycles. The van der Waals surface area contributed by atoms with E-state index in [1.165, 1.54) is 4.68 Å². The molecule has 0 atom stereocenters. The average molecular weight is 549 g/mol. The van der Waals surface area contributed by atoms with Crippen molar-refractivity contribution in [2.45, 2.75) is 26.7 Å². The zero-order valence-corrected chi connectivity index (χ0v) is 20.6. The van der Waals surface area contributed by atoms with Gasteiger partial charge in [-0.2, -0.15) is 9.78 Å². The zero-order valence-electron chi connectivity index (χ0n) is 17.4. The third-order valence-electron chi connectivity index (χ3n) is 4.38. The van der Waals surface area contributed by atoms with E-state index in [0.717, 1.165) is 20.9 Å². The van der Waals surface area contributed by atoms with Gasteiger partial charge in [0.2, 0.25) is 0 Å². The van der Waals surface area contributed by atoms with Crippen LogP contribution in [0.4, 0.5) is 0 Å². The van der Waals surface area contributed by atoms with E-state index in [2.05, 4.69) is 48.5 Å². The maximum Gasteiger partial charge on any atom is 0.282 e. The third-order valence-corrected chi connectivity index (χ3v) is 5.56. The Morgan fingerprint density at radius 1 is 1.16 bits per heavy atom. The minimum absolute atomic E-state index is 0.210. The predicted molar refractivity (Wildman–Crippen MR) is 132 cm³/mol. The Balaban J connectivity index is 2.09. The number of hydrogen-bond donors (Lipinski definition) is 0. The summed E-state index contributed by atoms with van der Waals surface area (Å²) in [5.74, 6) is 1.81. The van der Waals surface area contributed by atoms with Crippen molar-refractivity contribution in [1.82, 2.24) is 9.66 Å². The molecule has 3 rings (SSSR count). The third kappa shape index (κ3) is 5.43. The molecular weight excluding hydrogens is 526 g/mol. The number of aromatic nitrogens is 2. The van der Waals surface area contributed by atoms with Crippen LogP contribution in [0.5, 0.6) is 11.5 Å². The second-order valence-corrected chi connectivity index (χ2v) is 8.42. The summed E-state index contributed by atoms with van der Waals surface area (Å²) in [6, 6.07) is 9.12. The lowest BCUT2D eigenvalue weighted by atomic mass is 10.2. The highest BCUT2D eigenvalue weighted by Crippen LogP contribution is 2.33. The monoisotopic (exact) mass is 547 g/mol. The first-order valence-electron chi connectivity index (χ1n) is 9.94. The molecule has 0 aliphatic heterocycles. The van der Waals surface area contributed by atoms with Crippen LogP contribution in [0, 0.1) is 0 Å². The molecule has 0 fully saturated rings. The molecule has 0 amide bonds. The second kappa shape index (κ2) is 10.7. The van der Waals surface area contributed by atoms with Crippen LogP contribution in [0.1, 0.15) is 31.7 Å². The van der Waals surface area contributed by atoms with E-state index < -0.39 is 0 Å². The van der Waals surface area contributed by atoms with Crippen molar-refractivity contribution in [1.29, 1.82) is 0 Å². The van der Waals surface area contributed by atoms with E-state index >= 15 is 0 Å². The quantitative estimate of drug-likeness (QED) is 0.253. The summed E-state index contributed by atoms with van der Waals surface area (Å²) < 4.78 is 14.3. The highest BCUT2D eigenvalue weighted by Gasteiger charge is 2.12. The van der Waals surface area contributed by atoms with Crippen molar-refractivity contribution in [3.05, 3.63) is 73.7 Å². The van der Waals surface area contributed by atoms with Crippen LogP contribution in [0.15, 0.2) is 61.8 Å². The Labute approximate surface area is 197 Å². The van der Waals surface area contributed by atoms with E-state index in [1.54, 1.807) is 18.4 Å². The lowest BCUT2D eigenvalue weighted by Crippen LogP contribution is -2.22. The predicted octanol–water partition coefficient (Wildman–Crippen LogP) is 5.72. The number of aryl methyl sites for hydroxylation is 1. The molecule has 0 aliphatic carbocycles. The van der Waals surface area contributed by atoms with Gasteiger partial charge in [-0.1, -0.05) is 35.5 Å². The van der Waals surface area contributed by atoms with Gasteiger partial charge >= 0.3 is 0 Å². The van der Waals surface area contributed by atoms with Crippen LogP contribution in [0.3, 0.4) is 0 Å². The fraction of sp³-hybridized carbons (Fsp3) is 0.261. The molecule has 1 aromatic heterocycles. The fourth-order valence-corrected chi connectivity index (χ4v) is 3.78. The van der Waals surface area contributed by atoms with E-state index in [4.69, 9.17) is 9.47 Å². The lowest BCUT2D eigenvalue weighted by Gasteiger charge is -2.13. The molecule has 162 valence electrons. The first-order valence-corrected chi connectivity index (χ1v) is 11.5. The van der Waals surface area contributed by atoms with Gasteiger partial charge in [-0.15, -0.1) is 0 Å². The topological polar surface area (TPSA) is 65.7 Å². The zero-order chi connectivity index (χ0) is 22.4. The Kier molecular flexibility index (Phi) is 8.03. The van der Waals surface area contributed by atoms with E-state index in [-0.39, 0.29) is 5.56 Å². The molecule has 0 bridgehead atoms. The fourth-order valence-electron chi connectivity index (χ4n) is 3.00. The van der Waals surface area contributed by atoms with Gasteiger partial charge in [0.25, 0.3) is 5.56 Å². The number of rotatable bonds is 9. The Morgan fingerprint density at radius 3 is 2.65 bits per heavy atom. The molecule has 0 saturated heterocycles. The molecule has 0 saturated carbocycles. The van der Waals surface area contributed by atoms with Gasteiger partial charge in [0, 0.05) is 20.9 Å². The number of nitrogens with zero attached hydrogens (tertiary/aromatic N) is 3. The number of benzene rings is 2. The molecule has 3 aromatic rings. The smallest absolute Gasteiger partial charge is 0.282 e. The molecule has 0 N–H and O–H groups in total. The van der Waals surface area contributed by atoms with Crippen LogP contribution >= 0.6 is 31.9 Å². The molecule has 6 nitrogen and oxygen atoms in total. The maximum atomic E-state index is 13.1. The maximum absolute atomic E-state index is 13.1. The second-order valence-electron chi connectivity index (χ2n) is 6.65. The summed E-state index contributed by atoms with van der Waals surface area (Å²) in [5.41, 5.74) is 1.20. The molecule has 0 aliphatic rings. The van der Waals surface area contributed by atoms with Crippen molar-refractivity contribution in [3.8, 4) is 11.5 Å². The van der Waals surface area contributed by atoms with Crippen molar-refractivity contribution in [2.24, 2.45) is 5.10 Å². The minimum Gasteiger partial charge on any atom is -0.490 e. The summed E-state index contributed by atoms with van der Waals surface area (Å²) >= 11 is 6.97. The molecule has 2 aromatic carbocycles. The van der Waals surface area contributed by atoms with Crippen LogP contribution in [0.2, 0.25) is 0 Å². The van der Waals surface area contributed by atoms with Gasteiger partial charge in [0.1, 0.15) is 12.4 Å². The highest BCUT2D eigenvalue weighted by atomic mass is 79.9. The summed E-state index contributed by atoms with van der Waals surface area (Å²) in [5, 5.41) is 5.00. The average Bonchev–Trinajstić information content (AvgIpc) is 2.75. The summed E-state index contributed by atoms with van der Waals surface area (Å²) in [6.07, 6.45) is 4.78. The van der Waals surface area contributed by atoms with Crippen molar-refractivity contribution in [2.75, 3.05) is 13.2 Å². The summed E-state index contributed by atoms with van der Waals surface area (Å²) in [7, 11) is 0. The number of halogens is 2. The lowest BCUT2D eigenvalue weighted by molar-refractivity contribution is 0.296. The first-order chi connectivity index (χ1) is 15.0. The molecule has 8 heteroatoms. The molecule has 0 spiro atoms. The van der Waals surface area contributed by atoms with Gasteiger partial charge in [-0.05, 0) is 59.6 Å². The normalized spacial score (nSPS) is 11.2. The van der Waals surface area contributed by atoms with Crippen molar-refractivity contribution < 1.29 is 9.47 Å². The summed E-state index contributed by atoms with van der Waals surface area (Å²) in [4.78, 5) is 17.8. The SMILES string of the molecule is C=CCOc1cc(Br)c(C=Nn2c(CCC)nc3ccc(Br)cc3c2=O)cc1OCC. The van der Waals surface area contributed by atoms with Crippen LogP contribution < -0.4 is 15.0 Å². The van der Waals surface area contributed by atoms with Crippen LogP contribution in [-0.4, -0.2) is 29.1 Å². The Morgan fingerprint density at radius 2 is 1.94 bits per heavy atom. The number of fused-ring (bicyclic) bond motifs is 1. The summed E-state index contributed by atoms with van der Waals surface area (Å²) in [6.45, 7) is 8.48. The largest absolute Gasteiger partial charge is 0.490 e. The number of ether oxygens (including phenoxy) is 2. The van der Waals surface area contributed by atoms with E-state index in [1.807, 2.05) is 38.1 Å². The molecular formula is C23H23Br2N3O3. The van der Waals surface area contributed by atoms with Crippen LogP contribution in [0.25, 0.3) is 10.9 Å². The van der Waals surface area contributed by atoms with E-state index in [9.17, 15) is 4.79 Å². The van der Waals surface area contributed by atoms with Gasteiger partial charge in [0.05, 0.1) is 23.7 Å². The molecule has 0 unspecified atom stereocenters. The molecule has 31 heavy (non-hydrogen) atoms.